The molecule has 0 aliphatic rings. The molecule has 0 unspecified atom stereocenters. The van der Waals surface area contributed by atoms with Crippen LogP contribution in [0.3, 0.4) is 0 Å². The monoisotopic (exact) mass is 251 g/mol. The van der Waals surface area contributed by atoms with Crippen molar-refractivity contribution in [2.75, 3.05) is 0 Å². The summed E-state index contributed by atoms with van der Waals surface area (Å²) in [4.78, 5) is 15.7. The third-order valence-electron chi connectivity index (χ3n) is 2.26. The van der Waals surface area contributed by atoms with Gasteiger partial charge in [0.2, 0.25) is 0 Å². The van der Waals surface area contributed by atoms with Crippen molar-refractivity contribution in [2.45, 2.75) is 26.4 Å². The molecule has 0 aliphatic carbocycles. The zero-order chi connectivity index (χ0) is 12.3. The summed E-state index contributed by atoms with van der Waals surface area (Å²) in [5, 5.41) is 3.89. The molecule has 0 amide bonds. The van der Waals surface area contributed by atoms with Crippen LogP contribution in [0.25, 0.3) is 0 Å². The highest BCUT2D eigenvalue weighted by atomic mass is 32.1. The highest BCUT2D eigenvalue weighted by Gasteiger charge is 2.20. The third-order valence-corrected chi connectivity index (χ3v) is 2.99. The van der Waals surface area contributed by atoms with Crippen LogP contribution in [0.4, 0.5) is 0 Å². The molecule has 0 aromatic carbocycles. The average molecular weight is 251 g/mol. The number of rotatable bonds is 4. The molecule has 0 spiro atoms. The lowest BCUT2D eigenvalue weighted by Crippen LogP contribution is -2.08. The molecule has 5 heteroatoms. The summed E-state index contributed by atoms with van der Waals surface area (Å²) in [7, 11) is 0. The van der Waals surface area contributed by atoms with Gasteiger partial charge in [0.1, 0.15) is 12.4 Å². The van der Waals surface area contributed by atoms with Crippen molar-refractivity contribution >= 4 is 17.3 Å². The van der Waals surface area contributed by atoms with Crippen molar-refractivity contribution in [1.29, 1.82) is 0 Å². The fourth-order valence-electron chi connectivity index (χ4n) is 1.41. The average Bonchev–Trinajstić information content (AvgIpc) is 2.96. The maximum atomic E-state index is 11.8. The summed E-state index contributed by atoms with van der Waals surface area (Å²) in [5.41, 5.74) is 1.26. The van der Waals surface area contributed by atoms with Crippen molar-refractivity contribution in [2.24, 2.45) is 0 Å². The lowest BCUT2D eigenvalue weighted by Gasteiger charge is -2.04. The Hall–Kier alpha value is -1.62. The van der Waals surface area contributed by atoms with Crippen LogP contribution in [-0.4, -0.2) is 11.0 Å². The van der Waals surface area contributed by atoms with E-state index in [9.17, 15) is 4.79 Å². The Balaban J connectivity index is 2.02. The van der Waals surface area contributed by atoms with Crippen LogP contribution in [0, 0.1) is 0 Å². The molecule has 0 saturated heterocycles. The van der Waals surface area contributed by atoms with Gasteiger partial charge in [-0.05, 0) is 16.8 Å². The molecule has 2 aromatic heterocycles. The number of thiophene rings is 1. The second kappa shape index (κ2) is 5.14. The number of oxazole rings is 1. The van der Waals surface area contributed by atoms with Gasteiger partial charge in [-0.1, -0.05) is 13.8 Å². The fraction of sp³-hybridized carbons (Fsp3) is 0.333. The van der Waals surface area contributed by atoms with E-state index in [4.69, 9.17) is 9.15 Å². The van der Waals surface area contributed by atoms with Gasteiger partial charge in [0.15, 0.2) is 12.1 Å². The summed E-state index contributed by atoms with van der Waals surface area (Å²) in [5.74, 6) is 0.246. The van der Waals surface area contributed by atoms with E-state index in [0.29, 0.717) is 5.76 Å². The molecule has 0 atom stereocenters. The van der Waals surface area contributed by atoms with Crippen molar-refractivity contribution in [3.05, 3.63) is 40.2 Å². The van der Waals surface area contributed by atoms with Crippen molar-refractivity contribution in [1.82, 2.24) is 4.98 Å². The van der Waals surface area contributed by atoms with Crippen LogP contribution in [0.5, 0.6) is 0 Å². The number of carbonyl (C=O) groups is 1. The Morgan fingerprint density at radius 1 is 1.59 bits per heavy atom. The van der Waals surface area contributed by atoms with E-state index < -0.39 is 5.97 Å². The molecule has 2 aromatic rings. The number of nitrogens with zero attached hydrogens (tertiary/aromatic N) is 1. The minimum Gasteiger partial charge on any atom is -0.456 e. The number of aromatic nitrogens is 1. The molecule has 0 aliphatic heterocycles. The molecular formula is C12H13NO3S. The molecule has 0 saturated carbocycles. The van der Waals surface area contributed by atoms with Gasteiger partial charge < -0.3 is 9.15 Å². The summed E-state index contributed by atoms with van der Waals surface area (Å²) in [6.45, 7) is 4.15. The summed E-state index contributed by atoms with van der Waals surface area (Å²) in [6.07, 6.45) is 1.27. The maximum absolute atomic E-state index is 11.8. The molecule has 0 fully saturated rings. The first-order valence-corrected chi connectivity index (χ1v) is 6.24. The van der Waals surface area contributed by atoms with Crippen LogP contribution < -0.4 is 0 Å². The van der Waals surface area contributed by atoms with Gasteiger partial charge in [-0.2, -0.15) is 11.3 Å². The molecule has 2 heterocycles. The molecule has 2 rings (SSSR count). The lowest BCUT2D eigenvalue weighted by atomic mass is 10.1. The van der Waals surface area contributed by atoms with E-state index in [-0.39, 0.29) is 18.2 Å². The van der Waals surface area contributed by atoms with Gasteiger partial charge in [0.05, 0.1) is 0 Å². The maximum Gasteiger partial charge on any atom is 0.360 e. The third kappa shape index (κ3) is 2.74. The van der Waals surface area contributed by atoms with Crippen LogP contribution in [0.1, 0.15) is 41.6 Å². The minimum absolute atomic E-state index is 0.112. The van der Waals surface area contributed by atoms with Crippen molar-refractivity contribution in [3.8, 4) is 0 Å². The zero-order valence-corrected chi connectivity index (χ0v) is 10.5. The van der Waals surface area contributed by atoms with Crippen molar-refractivity contribution in [3.63, 3.8) is 0 Å². The Bertz CT molecular complexity index is 488. The van der Waals surface area contributed by atoms with Crippen LogP contribution in [0.2, 0.25) is 0 Å². The van der Waals surface area contributed by atoms with Gasteiger partial charge in [-0.3, -0.25) is 0 Å². The number of hydrogen-bond acceptors (Lipinski definition) is 5. The van der Waals surface area contributed by atoms with Crippen LogP contribution in [0.15, 0.2) is 27.6 Å². The standard InChI is InChI=1S/C12H13NO3S/c1-8(2)11-10(13-7-16-11)12(14)15-5-9-3-4-17-6-9/h3-4,6-8H,5H2,1-2H3. The first-order valence-electron chi connectivity index (χ1n) is 5.30. The van der Waals surface area contributed by atoms with E-state index in [0.717, 1.165) is 5.56 Å². The smallest absolute Gasteiger partial charge is 0.360 e. The number of carbonyl (C=O) groups excluding carboxylic acids is 1. The Morgan fingerprint density at radius 3 is 3.06 bits per heavy atom. The van der Waals surface area contributed by atoms with E-state index >= 15 is 0 Å². The lowest BCUT2D eigenvalue weighted by molar-refractivity contribution is 0.0464. The van der Waals surface area contributed by atoms with E-state index in [2.05, 4.69) is 4.98 Å². The SMILES string of the molecule is CC(C)c1ocnc1C(=O)OCc1ccsc1. The molecule has 4 nitrogen and oxygen atoms in total. The number of esters is 1. The summed E-state index contributed by atoms with van der Waals surface area (Å²) in [6, 6.07) is 1.92. The molecule has 0 bridgehead atoms. The highest BCUT2D eigenvalue weighted by molar-refractivity contribution is 7.07. The van der Waals surface area contributed by atoms with E-state index in [1.165, 1.54) is 6.39 Å². The second-order valence-corrected chi connectivity index (χ2v) is 4.71. The summed E-state index contributed by atoms with van der Waals surface area (Å²) < 4.78 is 10.3. The van der Waals surface area contributed by atoms with Crippen molar-refractivity contribution < 1.29 is 13.9 Å². The predicted octanol–water partition coefficient (Wildman–Crippen LogP) is 3.22. The molecule has 0 N–H and O–H groups in total. The van der Waals surface area contributed by atoms with E-state index in [1.54, 1.807) is 11.3 Å². The predicted molar refractivity (Wildman–Crippen MR) is 64.0 cm³/mol. The molecule has 17 heavy (non-hydrogen) atoms. The Labute approximate surface area is 103 Å². The second-order valence-electron chi connectivity index (χ2n) is 3.93. The normalized spacial score (nSPS) is 10.8. The largest absolute Gasteiger partial charge is 0.456 e. The fourth-order valence-corrected chi connectivity index (χ4v) is 2.06. The number of ether oxygens (including phenoxy) is 1. The molecule has 0 radical (unpaired) electrons. The summed E-state index contributed by atoms with van der Waals surface area (Å²) >= 11 is 1.57. The topological polar surface area (TPSA) is 52.3 Å². The van der Waals surface area contributed by atoms with Crippen LogP contribution in [-0.2, 0) is 11.3 Å². The zero-order valence-electron chi connectivity index (χ0n) is 9.67. The van der Waals surface area contributed by atoms with Gasteiger partial charge in [0, 0.05) is 11.5 Å². The highest BCUT2D eigenvalue weighted by Crippen LogP contribution is 2.19. The van der Waals surface area contributed by atoms with Gasteiger partial charge in [0.25, 0.3) is 0 Å². The molecular weight excluding hydrogens is 238 g/mol. The van der Waals surface area contributed by atoms with Gasteiger partial charge >= 0.3 is 5.97 Å². The Morgan fingerprint density at radius 2 is 2.41 bits per heavy atom. The first-order chi connectivity index (χ1) is 8.18. The van der Waals surface area contributed by atoms with Crippen LogP contribution >= 0.6 is 11.3 Å². The first kappa shape index (κ1) is 11.9. The minimum atomic E-state index is -0.436. The quantitative estimate of drug-likeness (QED) is 0.783. The Kier molecular flexibility index (Phi) is 3.58. The van der Waals surface area contributed by atoms with Gasteiger partial charge in [-0.15, -0.1) is 0 Å². The van der Waals surface area contributed by atoms with E-state index in [1.807, 2.05) is 30.7 Å². The van der Waals surface area contributed by atoms with Gasteiger partial charge in [-0.25, -0.2) is 9.78 Å². The molecule has 90 valence electrons. The number of hydrogen-bond donors (Lipinski definition) is 0.